The summed E-state index contributed by atoms with van der Waals surface area (Å²) < 4.78 is 172. The van der Waals surface area contributed by atoms with E-state index in [9.17, 15) is 4.79 Å². The maximum absolute atomic E-state index is 16.6. The first-order valence-electron chi connectivity index (χ1n) is 40.3. The smallest absolute Gasteiger partial charge is 0.657 e. The molecule has 8 aromatic carbocycles. The van der Waals surface area contributed by atoms with Crippen molar-refractivity contribution in [3.63, 3.8) is 0 Å². The van der Waals surface area contributed by atoms with Gasteiger partial charge in [-0.25, -0.2) is 68.6 Å². The number of thioether (sulfide) groups is 1. The number of esters is 1. The molecule has 2 N–H and O–H groups in total. The second-order valence-corrected chi connectivity index (χ2v) is 31.9. The van der Waals surface area contributed by atoms with Crippen molar-refractivity contribution in [2.45, 2.75) is 62.3 Å². The molecular formula is C103H70F10MgN8O2SZn+2. The molecule has 23 heteroatoms. The third-order valence-corrected chi connectivity index (χ3v) is 23.1. The van der Waals surface area contributed by atoms with Gasteiger partial charge < -0.3 is 24.7 Å². The number of carbonyl (C=O) groups excluding carboxylic acids is 1. The second-order valence-electron chi connectivity index (χ2n) is 31.1. The molecule has 0 saturated carbocycles. The van der Waals surface area contributed by atoms with Crippen LogP contribution in [0.5, 0.6) is 0 Å². The van der Waals surface area contributed by atoms with E-state index in [-0.39, 0.29) is 122 Å². The summed E-state index contributed by atoms with van der Waals surface area (Å²) >= 11 is 1.23. The van der Waals surface area contributed by atoms with Crippen molar-refractivity contribution < 1.29 is 84.3 Å². The molecule has 0 aliphatic carbocycles. The van der Waals surface area contributed by atoms with E-state index < -0.39 is 86.4 Å². The van der Waals surface area contributed by atoms with Crippen LogP contribution in [-0.2, 0) is 24.2 Å². The number of aryl methyl sites for hydroxylation is 9. The maximum Gasteiger partial charge on any atom is 2.00 e. The molecule has 10 nitrogen and oxygen atoms in total. The molecule has 0 amide bonds. The van der Waals surface area contributed by atoms with Gasteiger partial charge in [-0.15, -0.1) is 44.1 Å². The van der Waals surface area contributed by atoms with Crippen molar-refractivity contribution in [3.05, 3.63) is 328 Å². The Hall–Kier alpha value is -13.0. The molecular weight excluding hydrogens is 1690 g/mol. The summed E-state index contributed by atoms with van der Waals surface area (Å²) in [7, 11) is 0. The summed E-state index contributed by atoms with van der Waals surface area (Å²) in [5, 5.41) is 0. The molecule has 4 aliphatic rings. The number of rotatable bonds is 12. The first kappa shape index (κ1) is 85.2. The van der Waals surface area contributed by atoms with Crippen LogP contribution in [0.2, 0.25) is 0 Å². The first-order valence-corrected chi connectivity index (χ1v) is 40.7. The minimum absolute atomic E-state index is 0. The SMILES string of the molecule is [3H]CSCCOC(=O)c1ccc(-c2c3[nH+]c(c(-c4c(F)c(F)c(F)c(F)c4F)c4ccc([n-]4)c(-c4ccc(C#Cc5ccc(-c6c7nc(c(-c8c(C)cc(C)cc8C)c8ccc([n-]8)c(-c8c(C)cc(C)cc8C)c8nc(c(-c9c(C)cc(C)cc9C)c9ccc6[n-]9)C=C8)C=C7)cc5)cc4)c4[nH+]c(c(-c5c(F)c(F)c(F)c(F)c5F)c5ccc2[n-]5)C=C4)C=C3)cc1.[Mg+2].[Zn+2]. The second kappa shape index (κ2) is 34.5. The molecule has 6 aromatic heterocycles. The minimum atomic E-state index is -2.42. The fraction of sp³-hybridized carbons (Fsp3) is 0.117. The third kappa shape index (κ3) is 15.4. The quantitative estimate of drug-likeness (QED) is 0.0223. The number of halogens is 10. The van der Waals surface area contributed by atoms with E-state index in [2.05, 4.69) is 145 Å². The van der Waals surface area contributed by atoms with Gasteiger partial charge in [0, 0.05) is 64.8 Å². The van der Waals surface area contributed by atoms with E-state index in [1.54, 1.807) is 24.3 Å². The van der Waals surface area contributed by atoms with Gasteiger partial charge in [0.25, 0.3) is 0 Å². The van der Waals surface area contributed by atoms with Crippen molar-refractivity contribution in [2.24, 2.45) is 0 Å². The monoisotopic (exact) mass is 1760 g/mol. The zero-order chi connectivity index (χ0) is 87.4. The zero-order valence-electron chi connectivity index (χ0n) is 70.4. The normalized spacial score (nSPS) is 12.0. The van der Waals surface area contributed by atoms with Crippen molar-refractivity contribution >= 4 is 134 Å². The number of benzene rings is 8. The molecule has 0 spiro atoms. The van der Waals surface area contributed by atoms with Gasteiger partial charge >= 0.3 is 48.5 Å². The molecule has 0 atom stereocenters. The summed E-state index contributed by atoms with van der Waals surface area (Å²) in [5.74, 6) is -16.4. The fourth-order valence-electron chi connectivity index (χ4n) is 17.5. The van der Waals surface area contributed by atoms with E-state index in [4.69, 9.17) is 36.0 Å². The summed E-state index contributed by atoms with van der Waals surface area (Å²) in [6.45, 7) is 19.0. The van der Waals surface area contributed by atoms with Gasteiger partial charge in [0.05, 0.1) is 39.5 Å². The molecule has 612 valence electrons. The Morgan fingerprint density at radius 2 is 0.603 bits per heavy atom. The fourth-order valence-corrected chi connectivity index (χ4v) is 17.7. The standard InChI is InChI=1S/C103H69F10N8O2S.Mg.Zn/c1-49-43-52(4)80(53(5)44-49)86-70-31-25-64(114-70)83(65-26-32-71(115-65)87(81-54(6)45-50(2)46-55(81)7)73-38-40-75(121-73)88(74-39-37-72(86)120-74)82-56(8)47-51(3)48-57(82)9)60-17-13-58(14-18-60)11-12-59-15-19-61(20-16-59)84-66-27-33-76(116-66)89(91-93(104)97(108)101(112)98(109)94(91)105)78-35-29-68(118-78)85(62-21-23-63(24-22-62)103(122)123-41-42-124-10)69-30-36-79(119-69)90(77-34-28-67(84)117-77)92-95(106)99(110)102(113)100(111)96(92)107;;/h13-40,43-48H,41-42H2,1-10H3,(H-3,114,115,116,117,118,119,120,121,122);;/q-3;2*+2/p+1/i10T;;. The van der Waals surface area contributed by atoms with Crippen LogP contribution in [0, 0.1) is 132 Å². The van der Waals surface area contributed by atoms with Gasteiger partial charge in [-0.2, -0.15) is 11.8 Å². The Morgan fingerprint density at radius 3 is 0.921 bits per heavy atom. The summed E-state index contributed by atoms with van der Waals surface area (Å²) in [6, 6.07) is 46.8. The van der Waals surface area contributed by atoms with Gasteiger partial charge in [0.2, 0.25) is 34.4 Å². The number of carbonyl (C=O) groups is 1. The van der Waals surface area contributed by atoms with Crippen LogP contribution in [0.15, 0.2) is 158 Å². The number of fused-ring (bicyclic) bond motifs is 16. The largest absolute Gasteiger partial charge is 2.00 e. The predicted molar refractivity (Wildman–Crippen MR) is 477 cm³/mol. The average molecular weight is 1770 g/mol. The van der Waals surface area contributed by atoms with Crippen LogP contribution >= 0.6 is 11.8 Å². The van der Waals surface area contributed by atoms with Crippen molar-refractivity contribution in [3.8, 4) is 101 Å². The number of nitrogens with one attached hydrogen (secondary N) is 2. The van der Waals surface area contributed by atoms with E-state index in [1.165, 1.54) is 84.6 Å². The Bertz CT molecular complexity index is 7360. The van der Waals surface area contributed by atoms with Crippen LogP contribution in [-0.4, -0.2) is 57.6 Å². The summed E-state index contributed by atoms with van der Waals surface area (Å²) in [5.41, 5.74) is 19.7. The molecule has 0 fully saturated rings. The summed E-state index contributed by atoms with van der Waals surface area (Å²) in [4.78, 5) is 51.4. The molecule has 18 rings (SSSR count). The Labute approximate surface area is 752 Å². The molecule has 0 unspecified atom stereocenters. The molecule has 0 saturated heterocycles. The average Bonchev–Trinajstić information content (AvgIpc) is 1.63. The van der Waals surface area contributed by atoms with Crippen molar-refractivity contribution in [2.75, 3.05) is 18.6 Å². The molecule has 10 heterocycles. The van der Waals surface area contributed by atoms with E-state index in [0.29, 0.717) is 44.9 Å². The van der Waals surface area contributed by atoms with Gasteiger partial charge in [-0.05, 0) is 218 Å². The number of H-pyrrole nitrogens is 2. The number of hydrogen-bond donors (Lipinski definition) is 0. The number of aromatic amines is 2. The van der Waals surface area contributed by atoms with Crippen LogP contribution < -0.4 is 29.9 Å². The van der Waals surface area contributed by atoms with E-state index in [1.807, 2.05) is 48.6 Å². The van der Waals surface area contributed by atoms with Gasteiger partial charge in [0.1, 0.15) is 6.61 Å². The molecule has 4 aliphatic heterocycles. The van der Waals surface area contributed by atoms with Crippen LogP contribution in [0.25, 0.3) is 182 Å². The van der Waals surface area contributed by atoms with Gasteiger partial charge in [-0.3, -0.25) is 0 Å². The number of ether oxygens (including phenoxy) is 1. The Balaban J connectivity index is 0.00000593. The van der Waals surface area contributed by atoms with E-state index in [0.717, 1.165) is 117 Å². The molecule has 16 bridgehead atoms. The first-order chi connectivity index (χ1) is 60.2. The van der Waals surface area contributed by atoms with Crippen LogP contribution in [0.1, 0.15) is 118 Å². The summed E-state index contributed by atoms with van der Waals surface area (Å²) in [6.07, 6.45) is 13.7. The number of aromatic nitrogens is 8. The number of nitrogens with zero attached hydrogens (tertiary/aromatic N) is 6. The Kier molecular flexibility index (Phi) is 23.3. The topological polar surface area (TPSA) is 137 Å². The maximum atomic E-state index is 16.6. The van der Waals surface area contributed by atoms with Crippen LogP contribution in [0.4, 0.5) is 43.9 Å². The minimum Gasteiger partial charge on any atom is -0.657 e. The molecule has 126 heavy (non-hydrogen) atoms. The van der Waals surface area contributed by atoms with Crippen molar-refractivity contribution in [1.82, 2.24) is 29.9 Å². The predicted octanol–water partition coefficient (Wildman–Crippen LogP) is 24.0. The van der Waals surface area contributed by atoms with E-state index >= 15 is 43.9 Å². The number of hydrogen-bond acceptors (Lipinski definition) is 5. The molecule has 0 radical (unpaired) electrons. The van der Waals surface area contributed by atoms with Crippen LogP contribution in [0.3, 0.4) is 0 Å². The van der Waals surface area contributed by atoms with Gasteiger partial charge in [0.15, 0.2) is 46.5 Å². The molecule has 14 aromatic rings. The third-order valence-electron chi connectivity index (χ3n) is 22.6. The Morgan fingerprint density at radius 1 is 0.341 bits per heavy atom. The zero-order valence-corrected chi connectivity index (χ0v) is 74.6. The van der Waals surface area contributed by atoms with Crippen molar-refractivity contribution in [1.29, 1.82) is 0 Å². The van der Waals surface area contributed by atoms with Gasteiger partial charge in [-0.1, -0.05) is 150 Å².